The Morgan fingerprint density at radius 1 is 1.50 bits per heavy atom. The second-order valence-corrected chi connectivity index (χ2v) is 2.50. The standard InChI is InChI=1S/C8H13ClO/c1-3-5-7(6-4-2)8(9)10/h5H,3-4,6H2,1-2H3/b7-5-. The van der Waals surface area contributed by atoms with Gasteiger partial charge in [0.15, 0.2) is 0 Å². The molecule has 0 radical (unpaired) electrons. The fraction of sp³-hybridized carbons (Fsp3) is 0.625. The topological polar surface area (TPSA) is 17.1 Å². The van der Waals surface area contributed by atoms with Crippen LogP contribution in [-0.4, -0.2) is 5.24 Å². The predicted octanol–water partition coefficient (Wildman–Crippen LogP) is 2.89. The maximum atomic E-state index is 10.6. The third kappa shape index (κ3) is 3.67. The van der Waals surface area contributed by atoms with Gasteiger partial charge in [0.2, 0.25) is 5.24 Å². The van der Waals surface area contributed by atoms with Crippen molar-refractivity contribution in [2.75, 3.05) is 0 Å². The van der Waals surface area contributed by atoms with Crippen molar-refractivity contribution < 1.29 is 4.79 Å². The third-order valence-corrected chi connectivity index (χ3v) is 1.47. The lowest BCUT2D eigenvalue weighted by Crippen LogP contribution is -1.92. The molecule has 0 fully saturated rings. The molecule has 0 saturated carbocycles. The fourth-order valence-corrected chi connectivity index (χ4v) is 0.968. The highest BCUT2D eigenvalue weighted by molar-refractivity contribution is 6.67. The second-order valence-electron chi connectivity index (χ2n) is 2.16. The smallest absolute Gasteiger partial charge is 0.248 e. The van der Waals surface area contributed by atoms with Crippen molar-refractivity contribution in [2.24, 2.45) is 0 Å². The molecule has 0 saturated heterocycles. The summed E-state index contributed by atoms with van der Waals surface area (Å²) in [5, 5.41) is -0.302. The summed E-state index contributed by atoms with van der Waals surface area (Å²) in [7, 11) is 0. The summed E-state index contributed by atoms with van der Waals surface area (Å²) in [5.74, 6) is 0. The Labute approximate surface area is 67.1 Å². The van der Waals surface area contributed by atoms with Crippen LogP contribution in [0.3, 0.4) is 0 Å². The molecule has 0 aromatic heterocycles. The number of carbonyl (C=O) groups is 1. The molecule has 0 aromatic carbocycles. The average molecular weight is 161 g/mol. The fourth-order valence-electron chi connectivity index (χ4n) is 0.796. The van der Waals surface area contributed by atoms with Gasteiger partial charge in [-0.3, -0.25) is 4.79 Å². The van der Waals surface area contributed by atoms with Crippen molar-refractivity contribution >= 4 is 16.8 Å². The molecule has 0 heterocycles. The molecule has 0 atom stereocenters. The SMILES string of the molecule is CC/C=C(/CCC)C(=O)Cl. The Bertz CT molecular complexity index is 138. The Morgan fingerprint density at radius 2 is 2.10 bits per heavy atom. The first kappa shape index (κ1) is 9.70. The van der Waals surface area contributed by atoms with Crippen molar-refractivity contribution in [2.45, 2.75) is 33.1 Å². The van der Waals surface area contributed by atoms with Crippen LogP contribution in [0.25, 0.3) is 0 Å². The van der Waals surface area contributed by atoms with Crippen molar-refractivity contribution in [3.63, 3.8) is 0 Å². The first-order valence-corrected chi connectivity index (χ1v) is 3.99. The number of hydrogen-bond donors (Lipinski definition) is 0. The molecule has 58 valence electrons. The zero-order valence-electron chi connectivity index (χ0n) is 6.48. The lowest BCUT2D eigenvalue weighted by atomic mass is 10.1. The van der Waals surface area contributed by atoms with E-state index >= 15 is 0 Å². The minimum absolute atomic E-state index is 0.302. The zero-order valence-corrected chi connectivity index (χ0v) is 7.24. The van der Waals surface area contributed by atoms with Crippen LogP contribution >= 0.6 is 11.6 Å². The summed E-state index contributed by atoms with van der Waals surface area (Å²) >= 11 is 5.29. The highest BCUT2D eigenvalue weighted by Gasteiger charge is 2.02. The van der Waals surface area contributed by atoms with E-state index in [4.69, 9.17) is 11.6 Å². The van der Waals surface area contributed by atoms with E-state index in [1.165, 1.54) is 0 Å². The molecule has 0 spiro atoms. The van der Waals surface area contributed by atoms with E-state index in [-0.39, 0.29) is 5.24 Å². The van der Waals surface area contributed by atoms with Crippen LogP contribution in [-0.2, 0) is 4.79 Å². The van der Waals surface area contributed by atoms with Gasteiger partial charge in [-0.2, -0.15) is 0 Å². The summed E-state index contributed by atoms with van der Waals surface area (Å²) in [6.45, 7) is 4.03. The highest BCUT2D eigenvalue weighted by atomic mass is 35.5. The van der Waals surface area contributed by atoms with Crippen LogP contribution in [0.15, 0.2) is 11.6 Å². The van der Waals surface area contributed by atoms with Gasteiger partial charge in [-0.1, -0.05) is 26.3 Å². The van der Waals surface area contributed by atoms with Gasteiger partial charge in [-0.25, -0.2) is 0 Å². The first-order valence-electron chi connectivity index (χ1n) is 3.61. The van der Waals surface area contributed by atoms with Crippen molar-refractivity contribution in [3.05, 3.63) is 11.6 Å². The molecule has 2 heteroatoms. The second kappa shape index (κ2) is 5.48. The number of allylic oxidation sites excluding steroid dienone is 2. The molecular formula is C8H13ClO. The van der Waals surface area contributed by atoms with Crippen molar-refractivity contribution in [3.8, 4) is 0 Å². The molecule has 0 bridgehead atoms. The number of rotatable bonds is 4. The summed E-state index contributed by atoms with van der Waals surface area (Å²) in [4.78, 5) is 10.6. The van der Waals surface area contributed by atoms with Gasteiger partial charge in [0.1, 0.15) is 0 Å². The lowest BCUT2D eigenvalue weighted by molar-refractivity contribution is -0.108. The predicted molar refractivity (Wildman–Crippen MR) is 44.1 cm³/mol. The minimum Gasteiger partial charge on any atom is -0.276 e. The monoisotopic (exact) mass is 160 g/mol. The molecule has 0 aliphatic heterocycles. The Morgan fingerprint density at radius 3 is 2.40 bits per heavy atom. The van der Waals surface area contributed by atoms with Gasteiger partial charge in [0.05, 0.1) is 0 Å². The van der Waals surface area contributed by atoms with E-state index in [1.54, 1.807) is 0 Å². The first-order chi connectivity index (χ1) is 4.72. The third-order valence-electron chi connectivity index (χ3n) is 1.22. The Hall–Kier alpha value is -0.300. The van der Waals surface area contributed by atoms with Crippen LogP contribution in [0.1, 0.15) is 33.1 Å². The molecule has 0 aromatic rings. The van der Waals surface area contributed by atoms with E-state index in [9.17, 15) is 4.79 Å². The molecular weight excluding hydrogens is 148 g/mol. The number of halogens is 1. The van der Waals surface area contributed by atoms with E-state index in [1.807, 2.05) is 19.9 Å². The molecule has 0 unspecified atom stereocenters. The molecule has 0 aliphatic rings. The Kier molecular flexibility index (Phi) is 5.32. The van der Waals surface area contributed by atoms with Gasteiger partial charge in [0, 0.05) is 5.57 Å². The molecule has 1 nitrogen and oxygen atoms in total. The van der Waals surface area contributed by atoms with Crippen LogP contribution in [0.2, 0.25) is 0 Å². The number of hydrogen-bond acceptors (Lipinski definition) is 1. The lowest BCUT2D eigenvalue weighted by Gasteiger charge is -1.96. The summed E-state index contributed by atoms with van der Waals surface area (Å²) in [6, 6.07) is 0. The van der Waals surface area contributed by atoms with Gasteiger partial charge >= 0.3 is 0 Å². The van der Waals surface area contributed by atoms with Gasteiger partial charge < -0.3 is 0 Å². The quantitative estimate of drug-likeness (QED) is 0.457. The maximum Gasteiger partial charge on any atom is 0.248 e. The van der Waals surface area contributed by atoms with Gasteiger partial charge in [0.25, 0.3) is 0 Å². The molecule has 10 heavy (non-hydrogen) atoms. The number of carbonyl (C=O) groups excluding carboxylic acids is 1. The van der Waals surface area contributed by atoms with Crippen molar-refractivity contribution in [1.82, 2.24) is 0 Å². The van der Waals surface area contributed by atoms with Crippen LogP contribution in [0, 0.1) is 0 Å². The van der Waals surface area contributed by atoms with Crippen LogP contribution in [0.5, 0.6) is 0 Å². The molecule has 0 aliphatic carbocycles. The summed E-state index contributed by atoms with van der Waals surface area (Å²) < 4.78 is 0. The normalized spacial score (nSPS) is 11.7. The average Bonchev–Trinajstić information content (AvgIpc) is 1.87. The molecule has 0 rings (SSSR count). The summed E-state index contributed by atoms with van der Waals surface area (Å²) in [6.07, 6.45) is 4.55. The largest absolute Gasteiger partial charge is 0.276 e. The highest BCUT2D eigenvalue weighted by Crippen LogP contribution is 2.09. The van der Waals surface area contributed by atoms with E-state index < -0.39 is 0 Å². The zero-order chi connectivity index (χ0) is 7.98. The minimum atomic E-state index is -0.302. The van der Waals surface area contributed by atoms with Crippen LogP contribution in [0.4, 0.5) is 0 Å². The maximum absolute atomic E-state index is 10.6. The Balaban J connectivity index is 3.98. The van der Waals surface area contributed by atoms with E-state index in [0.29, 0.717) is 0 Å². The van der Waals surface area contributed by atoms with Gasteiger partial charge in [-0.15, -0.1) is 0 Å². The molecule has 0 amide bonds. The van der Waals surface area contributed by atoms with Crippen molar-refractivity contribution in [1.29, 1.82) is 0 Å². The van der Waals surface area contributed by atoms with E-state index in [2.05, 4.69) is 0 Å². The van der Waals surface area contributed by atoms with E-state index in [0.717, 1.165) is 24.8 Å². The van der Waals surface area contributed by atoms with Crippen LogP contribution < -0.4 is 0 Å². The summed E-state index contributed by atoms with van der Waals surface area (Å²) in [5.41, 5.74) is 0.756. The molecule has 0 N–H and O–H groups in total. The van der Waals surface area contributed by atoms with Gasteiger partial charge in [-0.05, 0) is 24.4 Å².